The zero-order valence-corrected chi connectivity index (χ0v) is 5.21. The second-order valence-corrected chi connectivity index (χ2v) is 1.19. The molecule has 0 atom stereocenters. The molecule has 4 nitrogen and oxygen atoms in total. The molecule has 1 radical (unpaired) electrons. The molecule has 4 heteroatoms. The highest BCUT2D eigenvalue weighted by Crippen LogP contribution is 1.83. The van der Waals surface area contributed by atoms with Gasteiger partial charge in [-0.05, 0) is 0 Å². The Hall–Kier alpha value is -1.06. The van der Waals surface area contributed by atoms with E-state index < -0.39 is 11.9 Å². The van der Waals surface area contributed by atoms with E-state index in [1.165, 1.54) is 14.2 Å². The van der Waals surface area contributed by atoms with Crippen molar-refractivity contribution >= 4 is 11.9 Å². The van der Waals surface area contributed by atoms with Gasteiger partial charge in [-0.3, -0.25) is 9.59 Å². The predicted octanol–water partition coefficient (Wildman–Crippen LogP) is -0.463. The van der Waals surface area contributed by atoms with Crippen LogP contribution in [-0.2, 0) is 19.1 Å². The number of methoxy groups -OCH3 is 2. The molecule has 0 amide bonds. The first-order valence-electron chi connectivity index (χ1n) is 2.21. The summed E-state index contributed by atoms with van der Waals surface area (Å²) in [5.41, 5.74) is 0. The lowest BCUT2D eigenvalue weighted by Crippen LogP contribution is -2.11. The highest BCUT2D eigenvalue weighted by molar-refractivity contribution is 6.03. The largest absolute Gasteiger partial charge is 0.468 e. The first kappa shape index (κ1) is 7.94. The molecule has 0 aliphatic carbocycles. The number of carbonyl (C=O) groups is 2. The standard InChI is InChI=1S/C5H7O4/c1-8-4(6)3-5(7)9-2/h3H,1-2H3. The maximum atomic E-state index is 10.2. The molecule has 0 N–H and O–H groups in total. The van der Waals surface area contributed by atoms with Gasteiger partial charge in [0.1, 0.15) is 0 Å². The van der Waals surface area contributed by atoms with Crippen molar-refractivity contribution in [2.75, 3.05) is 14.2 Å². The predicted molar refractivity (Wildman–Crippen MR) is 28.3 cm³/mol. The highest BCUT2D eigenvalue weighted by Gasteiger charge is 2.08. The van der Waals surface area contributed by atoms with Crippen molar-refractivity contribution in [3.63, 3.8) is 0 Å². The molecule has 0 saturated carbocycles. The van der Waals surface area contributed by atoms with Gasteiger partial charge < -0.3 is 9.47 Å². The van der Waals surface area contributed by atoms with E-state index in [4.69, 9.17) is 0 Å². The summed E-state index contributed by atoms with van der Waals surface area (Å²) in [4.78, 5) is 20.4. The lowest BCUT2D eigenvalue weighted by molar-refractivity contribution is -0.144. The third kappa shape index (κ3) is 3.52. The molecule has 0 rings (SSSR count). The number of rotatable bonds is 2. The SMILES string of the molecule is COC(=O)[CH]C(=O)OC. The Labute approximate surface area is 52.7 Å². The van der Waals surface area contributed by atoms with Crippen LogP contribution in [0.5, 0.6) is 0 Å². The van der Waals surface area contributed by atoms with Crippen molar-refractivity contribution in [2.24, 2.45) is 0 Å². The van der Waals surface area contributed by atoms with Crippen LogP contribution in [-0.4, -0.2) is 26.2 Å². The molecule has 0 saturated heterocycles. The molecule has 0 aliphatic heterocycles. The van der Waals surface area contributed by atoms with E-state index in [1.807, 2.05) is 0 Å². The van der Waals surface area contributed by atoms with Gasteiger partial charge in [0.2, 0.25) is 0 Å². The van der Waals surface area contributed by atoms with E-state index in [2.05, 4.69) is 9.47 Å². The fraction of sp³-hybridized carbons (Fsp3) is 0.400. The molecule has 0 fully saturated rings. The topological polar surface area (TPSA) is 52.6 Å². The summed E-state index contributed by atoms with van der Waals surface area (Å²) < 4.78 is 8.25. The van der Waals surface area contributed by atoms with Crippen LogP contribution in [0, 0.1) is 6.42 Å². The molecule has 0 aromatic carbocycles. The molecule has 0 aromatic rings. The normalized spacial score (nSPS) is 8.22. The fourth-order valence-corrected chi connectivity index (χ4v) is 0.214. The molecule has 0 spiro atoms. The van der Waals surface area contributed by atoms with Crippen LogP contribution < -0.4 is 0 Å². The van der Waals surface area contributed by atoms with Gasteiger partial charge >= 0.3 is 11.9 Å². The van der Waals surface area contributed by atoms with Crippen LogP contribution in [0.15, 0.2) is 0 Å². The van der Waals surface area contributed by atoms with Gasteiger partial charge in [0, 0.05) is 0 Å². The average Bonchev–Trinajstić information content (AvgIpc) is 1.87. The van der Waals surface area contributed by atoms with Crippen molar-refractivity contribution in [1.82, 2.24) is 0 Å². The van der Waals surface area contributed by atoms with E-state index in [1.54, 1.807) is 0 Å². The highest BCUT2D eigenvalue weighted by atomic mass is 16.5. The number of hydrogen-bond donors (Lipinski definition) is 0. The number of hydrogen-bond acceptors (Lipinski definition) is 4. The summed E-state index contributed by atoms with van der Waals surface area (Å²) in [5, 5.41) is 0. The zero-order chi connectivity index (χ0) is 7.28. The first-order chi connectivity index (χ1) is 4.20. The van der Waals surface area contributed by atoms with Gasteiger partial charge in [-0.1, -0.05) is 0 Å². The fourth-order valence-electron chi connectivity index (χ4n) is 0.214. The van der Waals surface area contributed by atoms with Crippen molar-refractivity contribution in [3.05, 3.63) is 6.42 Å². The van der Waals surface area contributed by atoms with Crippen LogP contribution in [0.1, 0.15) is 0 Å². The summed E-state index contributed by atoms with van der Waals surface area (Å²) in [6, 6.07) is 0. The second-order valence-electron chi connectivity index (χ2n) is 1.19. The quantitative estimate of drug-likeness (QED) is 0.375. The zero-order valence-electron chi connectivity index (χ0n) is 5.21. The minimum atomic E-state index is -0.707. The molecule has 0 aromatic heterocycles. The van der Waals surface area contributed by atoms with Crippen LogP contribution in [0.3, 0.4) is 0 Å². The van der Waals surface area contributed by atoms with Crippen molar-refractivity contribution < 1.29 is 19.1 Å². The van der Waals surface area contributed by atoms with Gasteiger partial charge in [-0.25, -0.2) is 0 Å². The van der Waals surface area contributed by atoms with Gasteiger partial charge in [-0.15, -0.1) is 0 Å². The summed E-state index contributed by atoms with van der Waals surface area (Å²) >= 11 is 0. The third-order valence-electron chi connectivity index (χ3n) is 0.638. The lowest BCUT2D eigenvalue weighted by atomic mass is 10.4. The van der Waals surface area contributed by atoms with Crippen molar-refractivity contribution in [2.45, 2.75) is 0 Å². The average molecular weight is 131 g/mol. The summed E-state index contributed by atoms with van der Waals surface area (Å²) in [6.07, 6.45) is 0.722. The summed E-state index contributed by atoms with van der Waals surface area (Å²) in [6.45, 7) is 0. The van der Waals surface area contributed by atoms with Crippen LogP contribution >= 0.6 is 0 Å². The van der Waals surface area contributed by atoms with Crippen LogP contribution in [0.4, 0.5) is 0 Å². The van der Waals surface area contributed by atoms with Crippen molar-refractivity contribution in [1.29, 1.82) is 0 Å². The maximum Gasteiger partial charge on any atom is 0.321 e. The second kappa shape index (κ2) is 3.88. The maximum absolute atomic E-state index is 10.2. The Bertz CT molecular complexity index is 104. The van der Waals surface area contributed by atoms with Gasteiger partial charge in [0.15, 0.2) is 6.42 Å². The van der Waals surface area contributed by atoms with E-state index in [0.717, 1.165) is 6.42 Å². The molecular weight excluding hydrogens is 124 g/mol. The lowest BCUT2D eigenvalue weighted by Gasteiger charge is -1.94. The van der Waals surface area contributed by atoms with Crippen LogP contribution in [0.2, 0.25) is 0 Å². The van der Waals surface area contributed by atoms with E-state index in [9.17, 15) is 9.59 Å². The number of ether oxygens (including phenoxy) is 2. The molecule has 0 unspecified atom stereocenters. The van der Waals surface area contributed by atoms with Crippen molar-refractivity contribution in [3.8, 4) is 0 Å². The number of esters is 2. The van der Waals surface area contributed by atoms with E-state index in [0.29, 0.717) is 0 Å². The summed E-state index contributed by atoms with van der Waals surface area (Å²) in [5.74, 6) is -1.41. The van der Waals surface area contributed by atoms with Crippen LogP contribution in [0.25, 0.3) is 0 Å². The summed E-state index contributed by atoms with van der Waals surface area (Å²) in [7, 11) is 2.36. The Balaban J connectivity index is 3.47. The first-order valence-corrected chi connectivity index (χ1v) is 2.21. The molecule has 0 heterocycles. The number of carbonyl (C=O) groups excluding carboxylic acids is 2. The molecule has 9 heavy (non-hydrogen) atoms. The van der Waals surface area contributed by atoms with E-state index in [-0.39, 0.29) is 0 Å². The Morgan fingerprint density at radius 1 is 1.11 bits per heavy atom. The minimum Gasteiger partial charge on any atom is -0.468 e. The molecule has 51 valence electrons. The van der Waals surface area contributed by atoms with E-state index >= 15 is 0 Å². The Morgan fingerprint density at radius 2 is 1.44 bits per heavy atom. The minimum absolute atomic E-state index is 0.707. The Morgan fingerprint density at radius 3 is 1.67 bits per heavy atom. The Kier molecular flexibility index (Phi) is 3.43. The molecule has 0 aliphatic rings. The molecular formula is C5H7O4. The van der Waals surface area contributed by atoms with Gasteiger partial charge in [-0.2, -0.15) is 0 Å². The van der Waals surface area contributed by atoms with Gasteiger partial charge in [0.25, 0.3) is 0 Å². The smallest absolute Gasteiger partial charge is 0.321 e. The monoisotopic (exact) mass is 131 g/mol. The van der Waals surface area contributed by atoms with Gasteiger partial charge in [0.05, 0.1) is 14.2 Å². The molecule has 0 bridgehead atoms. The third-order valence-corrected chi connectivity index (χ3v) is 0.638.